The first-order chi connectivity index (χ1) is 17.5. The van der Waals surface area contributed by atoms with E-state index < -0.39 is 9.84 Å². The number of anilines is 1. The molecule has 1 fully saturated rings. The summed E-state index contributed by atoms with van der Waals surface area (Å²) in [6.07, 6.45) is 11.5. The van der Waals surface area contributed by atoms with Gasteiger partial charge in [0.2, 0.25) is 0 Å². The SMILES string of the molecule is CCCCN(CCCC)c1ccc(C=Cc2ccc(S(=O)(=O)CCCOC3CCCOC3)cc2)cc1. The van der Waals surface area contributed by atoms with Crippen LogP contribution in [0.3, 0.4) is 0 Å². The Balaban J connectivity index is 1.51. The molecule has 6 heteroatoms. The minimum absolute atomic E-state index is 0.0929. The quantitative estimate of drug-likeness (QED) is 0.198. The van der Waals surface area contributed by atoms with Crippen molar-refractivity contribution in [2.45, 2.75) is 69.8 Å². The molecule has 0 bridgehead atoms. The summed E-state index contributed by atoms with van der Waals surface area (Å²) in [6, 6.07) is 15.8. The van der Waals surface area contributed by atoms with Crippen molar-refractivity contribution in [1.82, 2.24) is 0 Å². The van der Waals surface area contributed by atoms with Gasteiger partial charge < -0.3 is 14.4 Å². The highest BCUT2D eigenvalue weighted by Gasteiger charge is 2.16. The first kappa shape index (κ1) is 28.4. The normalized spacial score (nSPS) is 16.4. The van der Waals surface area contributed by atoms with E-state index >= 15 is 0 Å². The van der Waals surface area contributed by atoms with Crippen LogP contribution in [-0.2, 0) is 19.3 Å². The largest absolute Gasteiger partial charge is 0.379 e. The first-order valence-corrected chi connectivity index (χ1v) is 15.2. The summed E-state index contributed by atoms with van der Waals surface area (Å²) in [5, 5.41) is 0. The second kappa shape index (κ2) is 15.2. The van der Waals surface area contributed by atoms with Gasteiger partial charge in [-0.05, 0) is 67.5 Å². The molecular formula is C30H43NO4S. The van der Waals surface area contributed by atoms with E-state index in [1.807, 2.05) is 18.2 Å². The second-order valence-electron chi connectivity index (χ2n) is 9.57. The summed E-state index contributed by atoms with van der Waals surface area (Å²) in [5.41, 5.74) is 3.39. The van der Waals surface area contributed by atoms with E-state index in [1.54, 1.807) is 12.1 Å². The number of hydrogen-bond acceptors (Lipinski definition) is 5. The second-order valence-corrected chi connectivity index (χ2v) is 11.7. The molecule has 1 heterocycles. The van der Waals surface area contributed by atoms with Crippen LogP contribution >= 0.6 is 0 Å². The molecule has 1 atom stereocenters. The molecule has 198 valence electrons. The lowest BCUT2D eigenvalue weighted by atomic mass is 10.1. The third kappa shape index (κ3) is 9.38. The Kier molecular flexibility index (Phi) is 12.0. The Hall–Kier alpha value is -2.15. The fraction of sp³-hybridized carbons (Fsp3) is 0.533. The average molecular weight is 514 g/mol. The number of sulfone groups is 1. The molecule has 3 rings (SSSR count). The van der Waals surface area contributed by atoms with E-state index in [9.17, 15) is 8.42 Å². The van der Waals surface area contributed by atoms with Gasteiger partial charge in [-0.15, -0.1) is 0 Å². The van der Waals surface area contributed by atoms with Crippen molar-refractivity contribution in [3.05, 3.63) is 59.7 Å². The van der Waals surface area contributed by atoms with E-state index in [0.717, 1.165) is 43.7 Å². The molecular weight excluding hydrogens is 470 g/mol. The van der Waals surface area contributed by atoms with Gasteiger partial charge in [0.1, 0.15) is 0 Å². The van der Waals surface area contributed by atoms with Gasteiger partial charge in [-0.25, -0.2) is 8.42 Å². The minimum Gasteiger partial charge on any atom is -0.379 e. The van der Waals surface area contributed by atoms with Crippen LogP contribution in [0.4, 0.5) is 5.69 Å². The van der Waals surface area contributed by atoms with Gasteiger partial charge in [-0.2, -0.15) is 0 Å². The summed E-state index contributed by atoms with van der Waals surface area (Å²) in [5.74, 6) is 0.0929. The van der Waals surface area contributed by atoms with E-state index in [-0.39, 0.29) is 11.9 Å². The molecule has 0 radical (unpaired) electrons. The number of nitrogens with zero attached hydrogens (tertiary/aromatic N) is 1. The van der Waals surface area contributed by atoms with Crippen LogP contribution in [0.1, 0.15) is 69.9 Å². The van der Waals surface area contributed by atoms with E-state index in [2.05, 4.69) is 49.1 Å². The first-order valence-electron chi connectivity index (χ1n) is 13.6. The number of hydrogen-bond donors (Lipinski definition) is 0. The summed E-state index contributed by atoms with van der Waals surface area (Å²) in [4.78, 5) is 2.85. The monoisotopic (exact) mass is 513 g/mol. The number of benzene rings is 2. The maximum atomic E-state index is 12.7. The standard InChI is InChI=1S/C30H43NO4S/c1-3-5-20-31(21-6-4-2)28-16-12-26(13-17-28)10-11-27-14-18-30(19-15-27)36(32,33)24-8-23-35-29-9-7-22-34-25-29/h10-19,29H,3-9,20-25H2,1-2H3. The zero-order valence-corrected chi connectivity index (χ0v) is 22.8. The third-order valence-electron chi connectivity index (χ3n) is 6.56. The molecule has 0 amide bonds. The molecule has 0 N–H and O–H groups in total. The Morgan fingerprint density at radius 2 is 1.53 bits per heavy atom. The fourth-order valence-corrected chi connectivity index (χ4v) is 5.59. The zero-order valence-electron chi connectivity index (χ0n) is 22.0. The summed E-state index contributed by atoms with van der Waals surface area (Å²) in [7, 11) is -3.31. The highest BCUT2D eigenvalue weighted by molar-refractivity contribution is 7.91. The highest BCUT2D eigenvalue weighted by Crippen LogP contribution is 2.20. The molecule has 0 aromatic heterocycles. The molecule has 1 saturated heterocycles. The maximum Gasteiger partial charge on any atom is 0.178 e. The van der Waals surface area contributed by atoms with Crippen LogP contribution in [0.15, 0.2) is 53.4 Å². The van der Waals surface area contributed by atoms with Crippen molar-refractivity contribution in [1.29, 1.82) is 0 Å². The maximum absolute atomic E-state index is 12.7. The van der Waals surface area contributed by atoms with Crippen molar-refractivity contribution in [3.63, 3.8) is 0 Å². The number of ether oxygens (including phenoxy) is 2. The topological polar surface area (TPSA) is 55.8 Å². The molecule has 2 aromatic rings. The van der Waals surface area contributed by atoms with Crippen LogP contribution < -0.4 is 4.90 Å². The molecule has 1 aliphatic rings. The van der Waals surface area contributed by atoms with Crippen molar-refractivity contribution in [3.8, 4) is 0 Å². The Morgan fingerprint density at radius 1 is 0.917 bits per heavy atom. The van der Waals surface area contributed by atoms with Gasteiger partial charge in [0.05, 0.1) is 23.4 Å². The smallest absolute Gasteiger partial charge is 0.178 e. The van der Waals surface area contributed by atoms with Crippen LogP contribution in [0.2, 0.25) is 0 Å². The van der Waals surface area contributed by atoms with Crippen LogP contribution in [0.5, 0.6) is 0 Å². The molecule has 0 saturated carbocycles. The van der Waals surface area contributed by atoms with Crippen LogP contribution in [0.25, 0.3) is 12.2 Å². The lowest BCUT2D eigenvalue weighted by molar-refractivity contribution is -0.0494. The van der Waals surface area contributed by atoms with Gasteiger partial charge in [-0.1, -0.05) is 63.1 Å². The molecule has 1 unspecified atom stereocenters. The lowest BCUT2D eigenvalue weighted by Gasteiger charge is -2.24. The Morgan fingerprint density at radius 3 is 2.08 bits per heavy atom. The third-order valence-corrected chi connectivity index (χ3v) is 8.37. The predicted octanol–water partition coefficient (Wildman–Crippen LogP) is 6.62. The Labute approximate surface area is 218 Å². The number of rotatable bonds is 15. The molecule has 5 nitrogen and oxygen atoms in total. The molecule has 0 spiro atoms. The van der Waals surface area contributed by atoms with Gasteiger partial charge >= 0.3 is 0 Å². The predicted molar refractivity (Wildman–Crippen MR) is 150 cm³/mol. The van der Waals surface area contributed by atoms with Gasteiger partial charge in [-0.3, -0.25) is 0 Å². The zero-order chi connectivity index (χ0) is 25.6. The Bertz CT molecular complexity index is 1000. The molecule has 0 aliphatic carbocycles. The van der Waals surface area contributed by atoms with E-state index in [4.69, 9.17) is 9.47 Å². The molecule has 1 aliphatic heterocycles. The van der Waals surface area contributed by atoms with Crippen LogP contribution in [0, 0.1) is 0 Å². The summed E-state index contributed by atoms with van der Waals surface area (Å²) >= 11 is 0. The average Bonchev–Trinajstić information content (AvgIpc) is 2.91. The van der Waals surface area contributed by atoms with E-state index in [1.165, 1.54) is 31.4 Å². The van der Waals surface area contributed by atoms with Crippen LogP contribution in [-0.4, -0.2) is 53.2 Å². The van der Waals surface area contributed by atoms with Crippen molar-refractivity contribution in [2.75, 3.05) is 43.6 Å². The summed E-state index contributed by atoms with van der Waals surface area (Å²) in [6.45, 7) is 8.52. The van der Waals surface area contributed by atoms with Gasteiger partial charge in [0, 0.05) is 32.0 Å². The van der Waals surface area contributed by atoms with Crippen molar-refractivity contribution >= 4 is 27.7 Å². The van der Waals surface area contributed by atoms with Crippen molar-refractivity contribution < 1.29 is 17.9 Å². The summed E-state index contributed by atoms with van der Waals surface area (Å²) < 4.78 is 36.5. The van der Waals surface area contributed by atoms with Gasteiger partial charge in [0.25, 0.3) is 0 Å². The van der Waals surface area contributed by atoms with Crippen molar-refractivity contribution in [2.24, 2.45) is 0 Å². The lowest BCUT2D eigenvalue weighted by Crippen LogP contribution is -2.26. The highest BCUT2D eigenvalue weighted by atomic mass is 32.2. The van der Waals surface area contributed by atoms with Gasteiger partial charge in [0.15, 0.2) is 9.84 Å². The fourth-order valence-electron chi connectivity index (χ4n) is 4.30. The molecule has 2 aromatic carbocycles. The molecule has 36 heavy (non-hydrogen) atoms. The van der Waals surface area contributed by atoms with E-state index in [0.29, 0.717) is 24.5 Å². The minimum atomic E-state index is -3.31. The number of unbranched alkanes of at least 4 members (excludes halogenated alkanes) is 2.